The molecule has 5 nitrogen and oxygen atoms in total. The van der Waals surface area contributed by atoms with E-state index in [9.17, 15) is 14.7 Å². The molecule has 1 aliphatic rings. The van der Waals surface area contributed by atoms with Crippen molar-refractivity contribution in [2.75, 3.05) is 6.61 Å². The lowest BCUT2D eigenvalue weighted by Gasteiger charge is -2.30. The maximum Gasteiger partial charge on any atom is 0.330 e. The van der Waals surface area contributed by atoms with E-state index in [2.05, 4.69) is 0 Å². The second-order valence-corrected chi connectivity index (χ2v) is 5.43. The minimum atomic E-state index is -1.39. The summed E-state index contributed by atoms with van der Waals surface area (Å²) >= 11 is 0. The van der Waals surface area contributed by atoms with Crippen LogP contribution in [0.15, 0.2) is 41.0 Å². The Morgan fingerprint density at radius 1 is 1.39 bits per heavy atom. The molecule has 1 aromatic heterocycles. The molecule has 0 radical (unpaired) electrons. The highest BCUT2D eigenvalue weighted by Crippen LogP contribution is 2.42. The fourth-order valence-corrected chi connectivity index (χ4v) is 2.87. The average Bonchev–Trinajstić information content (AvgIpc) is 2.97. The van der Waals surface area contributed by atoms with Crippen molar-refractivity contribution in [1.29, 1.82) is 0 Å². The van der Waals surface area contributed by atoms with Gasteiger partial charge in [0.1, 0.15) is 5.60 Å². The van der Waals surface area contributed by atoms with Crippen LogP contribution in [0.25, 0.3) is 6.08 Å². The SMILES string of the molecule is CCOC(=O)/C=C\c1coc2c1C(C)(O)c1ccccc1C2=O. The van der Waals surface area contributed by atoms with E-state index in [1.54, 1.807) is 38.1 Å². The molecule has 5 heteroatoms. The molecule has 0 fully saturated rings. The molecule has 3 rings (SSSR count). The first-order chi connectivity index (χ1) is 11.0. The second kappa shape index (κ2) is 5.52. The first kappa shape index (κ1) is 15.2. The van der Waals surface area contributed by atoms with Crippen LogP contribution >= 0.6 is 0 Å². The van der Waals surface area contributed by atoms with E-state index < -0.39 is 11.6 Å². The van der Waals surface area contributed by atoms with E-state index >= 15 is 0 Å². The maximum atomic E-state index is 12.5. The number of aliphatic hydroxyl groups is 1. The van der Waals surface area contributed by atoms with E-state index in [4.69, 9.17) is 9.15 Å². The zero-order valence-electron chi connectivity index (χ0n) is 12.8. The third-order valence-corrected chi connectivity index (χ3v) is 3.89. The topological polar surface area (TPSA) is 76.7 Å². The van der Waals surface area contributed by atoms with Gasteiger partial charge in [0.25, 0.3) is 0 Å². The van der Waals surface area contributed by atoms with Crippen molar-refractivity contribution in [3.8, 4) is 0 Å². The highest BCUT2D eigenvalue weighted by atomic mass is 16.5. The summed E-state index contributed by atoms with van der Waals surface area (Å²) in [7, 11) is 0. The van der Waals surface area contributed by atoms with Crippen molar-refractivity contribution in [2.24, 2.45) is 0 Å². The van der Waals surface area contributed by atoms with Gasteiger partial charge in [-0.15, -0.1) is 0 Å². The summed E-state index contributed by atoms with van der Waals surface area (Å²) in [6.45, 7) is 3.59. The highest BCUT2D eigenvalue weighted by molar-refractivity contribution is 6.11. The minimum absolute atomic E-state index is 0.0946. The van der Waals surface area contributed by atoms with Crippen LogP contribution in [-0.4, -0.2) is 23.5 Å². The van der Waals surface area contributed by atoms with Gasteiger partial charge in [-0.05, 0) is 25.5 Å². The lowest BCUT2D eigenvalue weighted by molar-refractivity contribution is -0.137. The first-order valence-electron chi connectivity index (χ1n) is 7.30. The Balaban J connectivity index is 2.09. The Hall–Kier alpha value is -2.66. The number of ether oxygens (including phenoxy) is 1. The molecular weight excluding hydrogens is 296 g/mol. The van der Waals surface area contributed by atoms with Crippen LogP contribution < -0.4 is 0 Å². The minimum Gasteiger partial charge on any atom is -0.463 e. The third kappa shape index (κ3) is 2.39. The number of carbonyl (C=O) groups excluding carboxylic acids is 2. The Kier molecular flexibility index (Phi) is 3.66. The lowest BCUT2D eigenvalue weighted by atomic mass is 9.77. The molecule has 1 aliphatic carbocycles. The van der Waals surface area contributed by atoms with Crippen LogP contribution in [-0.2, 0) is 15.1 Å². The molecule has 0 saturated heterocycles. The molecule has 1 atom stereocenters. The molecular formula is C18H16O5. The number of rotatable bonds is 3. The van der Waals surface area contributed by atoms with Gasteiger partial charge in [-0.2, -0.15) is 0 Å². The Labute approximate surface area is 133 Å². The molecule has 0 aliphatic heterocycles. The average molecular weight is 312 g/mol. The summed E-state index contributed by atoms with van der Waals surface area (Å²) in [4.78, 5) is 24.0. The molecule has 0 bridgehead atoms. The number of hydrogen-bond donors (Lipinski definition) is 1. The van der Waals surface area contributed by atoms with Gasteiger partial charge in [-0.25, -0.2) is 4.79 Å². The summed E-state index contributed by atoms with van der Waals surface area (Å²) in [5.41, 5.74) is 0.383. The standard InChI is InChI=1S/C18H16O5/c1-3-22-14(19)9-8-11-10-23-17-15(11)18(2,21)13-7-5-4-6-12(13)16(17)20/h4-10,21H,3H2,1-2H3/b9-8-. The smallest absolute Gasteiger partial charge is 0.330 e. The number of fused-ring (bicyclic) bond motifs is 2. The number of hydrogen-bond acceptors (Lipinski definition) is 5. The molecule has 118 valence electrons. The number of ketones is 1. The van der Waals surface area contributed by atoms with Gasteiger partial charge in [-0.3, -0.25) is 4.79 Å². The summed E-state index contributed by atoms with van der Waals surface area (Å²) in [5.74, 6) is -0.681. The molecule has 1 N–H and O–H groups in total. The zero-order chi connectivity index (χ0) is 16.6. The van der Waals surface area contributed by atoms with Gasteiger partial charge in [0.15, 0.2) is 5.76 Å². The van der Waals surface area contributed by atoms with Gasteiger partial charge in [-0.1, -0.05) is 24.3 Å². The Morgan fingerprint density at radius 2 is 2.13 bits per heavy atom. The normalized spacial score (nSPS) is 19.5. The van der Waals surface area contributed by atoms with Crippen LogP contribution in [0.4, 0.5) is 0 Å². The summed E-state index contributed by atoms with van der Waals surface area (Å²) < 4.78 is 10.2. The van der Waals surface area contributed by atoms with Crippen LogP contribution in [0.2, 0.25) is 0 Å². The van der Waals surface area contributed by atoms with E-state index in [1.165, 1.54) is 18.4 Å². The van der Waals surface area contributed by atoms with Crippen molar-refractivity contribution in [2.45, 2.75) is 19.4 Å². The molecule has 0 spiro atoms. The van der Waals surface area contributed by atoms with E-state index in [0.29, 0.717) is 22.3 Å². The second-order valence-electron chi connectivity index (χ2n) is 5.43. The third-order valence-electron chi connectivity index (χ3n) is 3.89. The van der Waals surface area contributed by atoms with Crippen molar-refractivity contribution in [1.82, 2.24) is 0 Å². The largest absolute Gasteiger partial charge is 0.463 e. The van der Waals surface area contributed by atoms with Gasteiger partial charge in [0, 0.05) is 22.8 Å². The van der Waals surface area contributed by atoms with Crippen molar-refractivity contribution in [3.05, 3.63) is 64.6 Å². The van der Waals surface area contributed by atoms with Crippen LogP contribution in [0.5, 0.6) is 0 Å². The van der Waals surface area contributed by atoms with Crippen LogP contribution in [0.3, 0.4) is 0 Å². The molecule has 23 heavy (non-hydrogen) atoms. The van der Waals surface area contributed by atoms with Crippen LogP contribution in [0.1, 0.15) is 46.7 Å². The van der Waals surface area contributed by atoms with Gasteiger partial charge in [0.2, 0.25) is 5.78 Å². The predicted molar refractivity (Wildman–Crippen MR) is 82.9 cm³/mol. The fourth-order valence-electron chi connectivity index (χ4n) is 2.87. The Morgan fingerprint density at radius 3 is 2.87 bits per heavy atom. The molecule has 0 saturated carbocycles. The van der Waals surface area contributed by atoms with Crippen molar-refractivity contribution >= 4 is 17.8 Å². The van der Waals surface area contributed by atoms with E-state index in [0.717, 1.165) is 0 Å². The van der Waals surface area contributed by atoms with Crippen molar-refractivity contribution < 1.29 is 23.8 Å². The van der Waals surface area contributed by atoms with Crippen molar-refractivity contribution in [3.63, 3.8) is 0 Å². The molecule has 1 unspecified atom stereocenters. The van der Waals surface area contributed by atoms with E-state index in [-0.39, 0.29) is 18.2 Å². The number of furan rings is 1. The summed E-state index contributed by atoms with van der Waals surface area (Å²) in [5, 5.41) is 11.0. The maximum absolute atomic E-state index is 12.5. The summed E-state index contributed by atoms with van der Waals surface area (Å²) in [6, 6.07) is 6.87. The summed E-state index contributed by atoms with van der Waals surface area (Å²) in [6.07, 6.45) is 4.09. The monoisotopic (exact) mass is 312 g/mol. The number of benzene rings is 1. The molecule has 1 aromatic carbocycles. The quantitative estimate of drug-likeness (QED) is 0.696. The number of esters is 1. The Bertz CT molecular complexity index is 811. The van der Waals surface area contributed by atoms with Crippen LogP contribution in [0, 0.1) is 0 Å². The predicted octanol–water partition coefficient (Wildman–Crippen LogP) is 2.66. The van der Waals surface area contributed by atoms with Gasteiger partial charge in [0.05, 0.1) is 12.9 Å². The molecule has 0 amide bonds. The lowest BCUT2D eigenvalue weighted by Crippen LogP contribution is -2.32. The van der Waals surface area contributed by atoms with Gasteiger partial charge < -0.3 is 14.3 Å². The highest BCUT2D eigenvalue weighted by Gasteiger charge is 2.42. The zero-order valence-corrected chi connectivity index (χ0v) is 12.8. The molecule has 2 aromatic rings. The molecule has 1 heterocycles. The first-order valence-corrected chi connectivity index (χ1v) is 7.30. The van der Waals surface area contributed by atoms with Gasteiger partial charge >= 0.3 is 5.97 Å². The number of carbonyl (C=O) groups is 2. The fraction of sp³-hybridized carbons (Fsp3) is 0.222. The van der Waals surface area contributed by atoms with E-state index in [1.807, 2.05) is 0 Å².